The van der Waals surface area contributed by atoms with Crippen molar-refractivity contribution < 1.29 is 9.84 Å². The number of benzene rings is 1. The molecule has 1 saturated carbocycles. The Labute approximate surface area is 121 Å². The summed E-state index contributed by atoms with van der Waals surface area (Å²) in [7, 11) is 0. The van der Waals surface area contributed by atoms with Crippen molar-refractivity contribution in [3.63, 3.8) is 0 Å². The van der Waals surface area contributed by atoms with Crippen LogP contribution in [-0.4, -0.2) is 17.3 Å². The van der Waals surface area contributed by atoms with Gasteiger partial charge in [0.15, 0.2) is 0 Å². The van der Waals surface area contributed by atoms with Crippen LogP contribution in [0, 0.1) is 13.8 Å². The molecule has 1 aromatic rings. The average molecular weight is 275 g/mol. The molecule has 0 bridgehead atoms. The lowest BCUT2D eigenvalue weighted by Crippen LogP contribution is -2.52. The van der Waals surface area contributed by atoms with E-state index in [1.54, 1.807) is 0 Å². The predicted molar refractivity (Wildman–Crippen MR) is 79.9 cm³/mol. The fraction of sp³-hybridized carbons (Fsp3) is 0.647. The van der Waals surface area contributed by atoms with Crippen LogP contribution in [0.3, 0.4) is 0 Å². The Bertz CT molecular complexity index is 520. The molecule has 0 aromatic heterocycles. The molecule has 1 unspecified atom stereocenters. The molecule has 0 saturated heterocycles. The van der Waals surface area contributed by atoms with E-state index in [1.807, 2.05) is 6.07 Å². The van der Waals surface area contributed by atoms with Crippen molar-refractivity contribution in [1.29, 1.82) is 0 Å². The van der Waals surface area contributed by atoms with Crippen molar-refractivity contribution in [3.8, 4) is 5.75 Å². The number of hydrogen-bond donors (Lipinski definition) is 2. The zero-order valence-electron chi connectivity index (χ0n) is 12.5. The molecular weight excluding hydrogens is 250 g/mol. The largest absolute Gasteiger partial charge is 0.486 e. The molecular formula is C17H25NO2. The zero-order valence-corrected chi connectivity index (χ0v) is 12.5. The first kappa shape index (κ1) is 13.9. The highest BCUT2D eigenvalue weighted by molar-refractivity contribution is 5.49. The molecule has 0 radical (unpaired) electrons. The predicted octanol–water partition coefficient (Wildman–Crippen LogP) is 2.94. The van der Waals surface area contributed by atoms with Gasteiger partial charge in [-0.25, -0.2) is 0 Å². The van der Waals surface area contributed by atoms with E-state index in [2.05, 4.69) is 19.9 Å². The second-order valence-electron chi connectivity index (χ2n) is 6.72. The first-order valence-electron chi connectivity index (χ1n) is 7.71. The highest BCUT2D eigenvalue weighted by Gasteiger charge is 2.48. The number of aliphatic hydroxyl groups is 1. The molecule has 3 rings (SSSR count). The highest BCUT2D eigenvalue weighted by Crippen LogP contribution is 2.49. The Morgan fingerprint density at radius 3 is 2.55 bits per heavy atom. The van der Waals surface area contributed by atoms with Crippen LogP contribution >= 0.6 is 0 Å². The van der Waals surface area contributed by atoms with Crippen LogP contribution in [0.5, 0.6) is 5.75 Å². The van der Waals surface area contributed by atoms with Crippen molar-refractivity contribution in [2.45, 2.75) is 63.6 Å². The fourth-order valence-electron chi connectivity index (χ4n) is 3.97. The maximum Gasteiger partial charge on any atom is 0.129 e. The van der Waals surface area contributed by atoms with Gasteiger partial charge in [0.05, 0.1) is 0 Å². The molecule has 1 spiro atoms. The summed E-state index contributed by atoms with van der Waals surface area (Å²) in [6.07, 6.45) is 6.32. The zero-order chi connectivity index (χ0) is 14.4. The van der Waals surface area contributed by atoms with Gasteiger partial charge in [0.2, 0.25) is 0 Å². The molecule has 1 fully saturated rings. The third-order valence-corrected chi connectivity index (χ3v) is 4.96. The van der Waals surface area contributed by atoms with Gasteiger partial charge in [-0.1, -0.05) is 18.1 Å². The van der Waals surface area contributed by atoms with E-state index in [1.165, 1.54) is 19.3 Å². The molecule has 1 aliphatic carbocycles. The Morgan fingerprint density at radius 2 is 1.90 bits per heavy atom. The highest BCUT2D eigenvalue weighted by atomic mass is 16.5. The topological polar surface area (TPSA) is 55.5 Å². The quantitative estimate of drug-likeness (QED) is 0.828. The summed E-state index contributed by atoms with van der Waals surface area (Å²) in [6.45, 7) is 4.37. The summed E-state index contributed by atoms with van der Waals surface area (Å²) in [5.41, 5.74) is 7.93. The van der Waals surface area contributed by atoms with Crippen molar-refractivity contribution in [2.75, 3.05) is 6.54 Å². The molecule has 3 nitrogen and oxygen atoms in total. The van der Waals surface area contributed by atoms with Crippen LogP contribution in [-0.2, 0) is 5.60 Å². The summed E-state index contributed by atoms with van der Waals surface area (Å²) in [5.74, 6) is 0.872. The lowest BCUT2D eigenvalue weighted by atomic mass is 9.72. The molecule has 1 atom stereocenters. The number of fused-ring (bicyclic) bond motifs is 1. The second-order valence-corrected chi connectivity index (χ2v) is 6.72. The number of aryl methyl sites for hydroxylation is 2. The van der Waals surface area contributed by atoms with Gasteiger partial charge in [0.1, 0.15) is 17.0 Å². The Morgan fingerprint density at radius 1 is 1.20 bits per heavy atom. The van der Waals surface area contributed by atoms with E-state index >= 15 is 0 Å². The monoisotopic (exact) mass is 275 g/mol. The maximum absolute atomic E-state index is 11.1. The van der Waals surface area contributed by atoms with E-state index in [9.17, 15) is 5.11 Å². The summed E-state index contributed by atoms with van der Waals surface area (Å²) in [6, 6.07) is 4.16. The third-order valence-electron chi connectivity index (χ3n) is 4.96. The Balaban J connectivity index is 2.10. The van der Waals surface area contributed by atoms with Crippen LogP contribution < -0.4 is 10.5 Å². The van der Waals surface area contributed by atoms with Crippen molar-refractivity contribution in [1.82, 2.24) is 0 Å². The van der Waals surface area contributed by atoms with Gasteiger partial charge >= 0.3 is 0 Å². The first-order valence-corrected chi connectivity index (χ1v) is 7.71. The van der Waals surface area contributed by atoms with Crippen LogP contribution in [0.4, 0.5) is 0 Å². The second kappa shape index (κ2) is 4.74. The number of nitrogens with two attached hydrogens (primary N) is 1. The van der Waals surface area contributed by atoms with E-state index in [-0.39, 0.29) is 12.1 Å². The van der Waals surface area contributed by atoms with Gasteiger partial charge in [-0.05, 0) is 51.2 Å². The lowest BCUT2D eigenvalue weighted by molar-refractivity contribution is -0.0898. The smallest absolute Gasteiger partial charge is 0.129 e. The average Bonchev–Trinajstić information content (AvgIpc) is 2.41. The molecule has 0 amide bonds. The number of ether oxygens (including phenoxy) is 1. The lowest BCUT2D eigenvalue weighted by Gasteiger charge is -2.48. The summed E-state index contributed by atoms with van der Waals surface area (Å²) in [5, 5.41) is 11.1. The SMILES string of the molecule is Cc1cc(C)c2c(c1)C(O)(CN)CC1(CCCCC1)O2. The van der Waals surface area contributed by atoms with Gasteiger partial charge < -0.3 is 15.6 Å². The molecule has 3 heteroatoms. The van der Waals surface area contributed by atoms with Gasteiger partial charge in [0, 0.05) is 18.5 Å². The molecule has 20 heavy (non-hydrogen) atoms. The van der Waals surface area contributed by atoms with Gasteiger partial charge in [0.25, 0.3) is 0 Å². The van der Waals surface area contributed by atoms with Crippen LogP contribution in [0.15, 0.2) is 12.1 Å². The molecule has 2 aliphatic rings. The molecule has 1 aliphatic heterocycles. The molecule has 3 N–H and O–H groups in total. The minimum Gasteiger partial charge on any atom is -0.486 e. The Kier molecular flexibility index (Phi) is 3.30. The van der Waals surface area contributed by atoms with Gasteiger partial charge in [-0.15, -0.1) is 0 Å². The van der Waals surface area contributed by atoms with Crippen molar-refractivity contribution >= 4 is 0 Å². The van der Waals surface area contributed by atoms with Gasteiger partial charge in [-0.3, -0.25) is 0 Å². The van der Waals surface area contributed by atoms with E-state index < -0.39 is 5.60 Å². The summed E-state index contributed by atoms with van der Waals surface area (Å²) in [4.78, 5) is 0. The molecule has 110 valence electrons. The van der Waals surface area contributed by atoms with Crippen molar-refractivity contribution in [2.24, 2.45) is 5.73 Å². The number of rotatable bonds is 1. The minimum atomic E-state index is -0.943. The fourth-order valence-corrected chi connectivity index (χ4v) is 3.97. The Hall–Kier alpha value is -1.06. The normalized spacial score (nSPS) is 28.0. The van der Waals surface area contributed by atoms with Crippen LogP contribution in [0.2, 0.25) is 0 Å². The minimum absolute atomic E-state index is 0.209. The third kappa shape index (κ3) is 2.13. The standard InChI is InChI=1S/C17H25NO2/c1-12-8-13(2)15-14(9-12)17(19,11-18)10-16(20-15)6-4-3-5-7-16/h8-9,19H,3-7,10-11,18H2,1-2H3. The van der Waals surface area contributed by atoms with Crippen LogP contribution in [0.1, 0.15) is 55.2 Å². The van der Waals surface area contributed by atoms with Gasteiger partial charge in [-0.2, -0.15) is 0 Å². The van der Waals surface area contributed by atoms with E-state index in [0.29, 0.717) is 6.42 Å². The molecule has 1 aromatic carbocycles. The van der Waals surface area contributed by atoms with E-state index in [0.717, 1.165) is 35.3 Å². The van der Waals surface area contributed by atoms with Crippen molar-refractivity contribution in [3.05, 3.63) is 28.8 Å². The molecule has 1 heterocycles. The summed E-state index contributed by atoms with van der Waals surface area (Å²) >= 11 is 0. The maximum atomic E-state index is 11.1. The first-order chi connectivity index (χ1) is 9.48. The summed E-state index contributed by atoms with van der Waals surface area (Å²) < 4.78 is 6.43. The van der Waals surface area contributed by atoms with Crippen LogP contribution in [0.25, 0.3) is 0 Å². The number of hydrogen-bond acceptors (Lipinski definition) is 3. The van der Waals surface area contributed by atoms with E-state index in [4.69, 9.17) is 10.5 Å².